The zero-order chi connectivity index (χ0) is 12.6. The number of aromatic nitrogens is 2. The molecule has 1 aliphatic carbocycles. The molecule has 4 N–H and O–H groups in total. The normalized spacial score (nSPS) is 17.6. The lowest BCUT2D eigenvalue weighted by molar-refractivity contribution is -0.140. The Balaban J connectivity index is 2.39. The van der Waals surface area contributed by atoms with Crippen LogP contribution in [0.15, 0.2) is 0 Å². The van der Waals surface area contributed by atoms with Gasteiger partial charge >= 0.3 is 5.97 Å². The molecular weight excluding hydrogens is 218 g/mol. The van der Waals surface area contributed by atoms with Crippen LogP contribution in [-0.4, -0.2) is 27.3 Å². The Hall–Kier alpha value is -1.36. The molecule has 17 heavy (non-hydrogen) atoms. The largest absolute Gasteiger partial charge is 0.480 e. The van der Waals surface area contributed by atoms with Gasteiger partial charge in [-0.25, -0.2) is 0 Å². The number of aryl methyl sites for hydroxylation is 1. The number of carbonyl (C=O) groups is 1. The molecule has 1 aromatic heterocycles. The third-order valence-electron chi connectivity index (χ3n) is 3.71. The van der Waals surface area contributed by atoms with E-state index in [9.17, 15) is 4.79 Å². The van der Waals surface area contributed by atoms with Crippen molar-refractivity contribution < 1.29 is 9.90 Å². The Labute approximate surface area is 100 Å². The molecular formula is C12H19N3O2. The Morgan fingerprint density at radius 3 is 2.76 bits per heavy atom. The Morgan fingerprint density at radius 2 is 2.12 bits per heavy atom. The van der Waals surface area contributed by atoms with Gasteiger partial charge in [0.05, 0.1) is 5.69 Å². The average Bonchev–Trinajstić information content (AvgIpc) is 2.72. The summed E-state index contributed by atoms with van der Waals surface area (Å²) in [4.78, 5) is 11.0. The van der Waals surface area contributed by atoms with Crippen LogP contribution in [0, 0.1) is 0 Å². The van der Waals surface area contributed by atoms with Gasteiger partial charge in [0.15, 0.2) is 0 Å². The molecule has 5 heteroatoms. The summed E-state index contributed by atoms with van der Waals surface area (Å²) in [5, 5.41) is 16.4. The molecule has 0 radical (unpaired) electrons. The lowest BCUT2D eigenvalue weighted by Gasteiger charge is -2.28. The molecule has 2 rings (SSSR count). The summed E-state index contributed by atoms with van der Waals surface area (Å²) in [5.74, 6) is -0.984. The van der Waals surface area contributed by atoms with Crippen molar-refractivity contribution in [1.29, 1.82) is 0 Å². The van der Waals surface area contributed by atoms with E-state index < -0.39 is 17.4 Å². The van der Waals surface area contributed by atoms with Crippen molar-refractivity contribution in [1.82, 2.24) is 10.2 Å². The highest BCUT2D eigenvalue weighted by Crippen LogP contribution is 2.32. The van der Waals surface area contributed by atoms with Crippen LogP contribution < -0.4 is 5.73 Å². The van der Waals surface area contributed by atoms with Crippen molar-refractivity contribution in [2.75, 3.05) is 0 Å². The summed E-state index contributed by atoms with van der Waals surface area (Å²) in [6.45, 7) is 3.69. The van der Waals surface area contributed by atoms with Crippen LogP contribution >= 0.6 is 0 Å². The van der Waals surface area contributed by atoms with Gasteiger partial charge in [0.25, 0.3) is 0 Å². The number of fused-ring (bicyclic) bond motifs is 1. The number of carboxylic acid groups (broad SMARTS) is 1. The fraction of sp³-hybridized carbons (Fsp3) is 0.667. The number of aliphatic carboxylic acids is 1. The van der Waals surface area contributed by atoms with Crippen molar-refractivity contribution in [3.63, 3.8) is 0 Å². The highest BCUT2D eigenvalue weighted by Gasteiger charge is 2.38. The van der Waals surface area contributed by atoms with E-state index in [1.54, 1.807) is 0 Å². The second-order valence-corrected chi connectivity index (χ2v) is 5.27. The van der Waals surface area contributed by atoms with Crippen LogP contribution in [0.1, 0.15) is 43.6 Å². The van der Waals surface area contributed by atoms with E-state index >= 15 is 0 Å². The second-order valence-electron chi connectivity index (χ2n) is 5.27. The van der Waals surface area contributed by atoms with Gasteiger partial charge in [0.1, 0.15) is 6.04 Å². The maximum absolute atomic E-state index is 11.0. The van der Waals surface area contributed by atoms with Crippen molar-refractivity contribution in [3.05, 3.63) is 17.0 Å². The number of H-pyrrole nitrogens is 1. The SMILES string of the molecule is CC(C)(c1n[nH]c2c1CCCC2)C(N)C(=O)O. The van der Waals surface area contributed by atoms with E-state index in [1.165, 1.54) is 12.0 Å². The molecule has 1 atom stereocenters. The molecule has 1 aromatic rings. The van der Waals surface area contributed by atoms with Gasteiger partial charge in [-0.05, 0) is 31.2 Å². The Kier molecular flexibility index (Phi) is 2.95. The van der Waals surface area contributed by atoms with Gasteiger partial charge in [0, 0.05) is 11.1 Å². The van der Waals surface area contributed by atoms with Crippen LogP contribution in [0.4, 0.5) is 0 Å². The number of rotatable bonds is 3. The van der Waals surface area contributed by atoms with Gasteiger partial charge in [0.2, 0.25) is 0 Å². The maximum atomic E-state index is 11.0. The molecule has 94 valence electrons. The van der Waals surface area contributed by atoms with Crippen molar-refractivity contribution in [2.24, 2.45) is 5.73 Å². The van der Waals surface area contributed by atoms with Crippen molar-refractivity contribution in [3.8, 4) is 0 Å². The molecule has 0 aliphatic heterocycles. The van der Waals surface area contributed by atoms with E-state index in [1.807, 2.05) is 13.8 Å². The fourth-order valence-electron chi connectivity index (χ4n) is 2.47. The van der Waals surface area contributed by atoms with Gasteiger partial charge in [-0.1, -0.05) is 13.8 Å². The fourth-order valence-corrected chi connectivity index (χ4v) is 2.47. The molecule has 0 fully saturated rings. The van der Waals surface area contributed by atoms with E-state index in [0.717, 1.165) is 30.7 Å². The van der Waals surface area contributed by atoms with Crippen LogP contribution in [0.2, 0.25) is 0 Å². The first-order valence-electron chi connectivity index (χ1n) is 5.99. The first-order valence-corrected chi connectivity index (χ1v) is 5.99. The Bertz CT molecular complexity index is 437. The highest BCUT2D eigenvalue weighted by molar-refractivity contribution is 5.75. The first-order chi connectivity index (χ1) is 7.94. The number of aromatic amines is 1. The summed E-state index contributed by atoms with van der Waals surface area (Å²) in [5.41, 5.74) is 8.27. The van der Waals surface area contributed by atoms with Crippen LogP contribution in [0.5, 0.6) is 0 Å². The third kappa shape index (κ3) is 1.95. The van der Waals surface area contributed by atoms with E-state index in [2.05, 4.69) is 10.2 Å². The molecule has 1 unspecified atom stereocenters. The standard InChI is InChI=1S/C12H19N3O2/c1-12(2,9(13)11(16)17)10-7-5-3-4-6-8(7)14-15-10/h9H,3-6,13H2,1-2H3,(H,14,15)(H,16,17). The molecule has 0 spiro atoms. The van der Waals surface area contributed by atoms with Crippen LogP contribution in [0.3, 0.4) is 0 Å². The van der Waals surface area contributed by atoms with Crippen molar-refractivity contribution >= 4 is 5.97 Å². The van der Waals surface area contributed by atoms with Gasteiger partial charge in [-0.3, -0.25) is 9.89 Å². The minimum absolute atomic E-state index is 0.646. The topological polar surface area (TPSA) is 92.0 Å². The zero-order valence-electron chi connectivity index (χ0n) is 10.3. The molecule has 0 bridgehead atoms. The van der Waals surface area contributed by atoms with Crippen LogP contribution in [-0.2, 0) is 23.1 Å². The number of hydrogen-bond acceptors (Lipinski definition) is 3. The van der Waals surface area contributed by atoms with Gasteiger partial charge in [-0.15, -0.1) is 0 Å². The predicted octanol–water partition coefficient (Wildman–Crippen LogP) is 0.978. The summed E-state index contributed by atoms with van der Waals surface area (Å²) >= 11 is 0. The smallest absolute Gasteiger partial charge is 0.321 e. The molecule has 0 amide bonds. The van der Waals surface area contributed by atoms with Crippen molar-refractivity contribution in [2.45, 2.75) is 51.0 Å². The molecule has 1 heterocycles. The molecule has 0 saturated heterocycles. The molecule has 1 aliphatic rings. The summed E-state index contributed by atoms with van der Waals surface area (Å²) in [6, 6.07) is -0.933. The molecule has 5 nitrogen and oxygen atoms in total. The lowest BCUT2D eigenvalue weighted by Crippen LogP contribution is -2.47. The summed E-state index contributed by atoms with van der Waals surface area (Å²) in [6.07, 6.45) is 4.27. The minimum Gasteiger partial charge on any atom is -0.480 e. The second kappa shape index (κ2) is 4.14. The molecule has 0 saturated carbocycles. The first kappa shape index (κ1) is 12.1. The van der Waals surface area contributed by atoms with Gasteiger partial charge < -0.3 is 10.8 Å². The number of carboxylic acids is 1. The van der Waals surface area contributed by atoms with E-state index in [4.69, 9.17) is 10.8 Å². The average molecular weight is 237 g/mol. The lowest BCUT2D eigenvalue weighted by atomic mass is 9.78. The summed E-state index contributed by atoms with van der Waals surface area (Å²) in [7, 11) is 0. The van der Waals surface area contributed by atoms with Gasteiger partial charge in [-0.2, -0.15) is 5.10 Å². The summed E-state index contributed by atoms with van der Waals surface area (Å²) < 4.78 is 0. The number of nitrogens with one attached hydrogen (secondary N) is 1. The van der Waals surface area contributed by atoms with Crippen LogP contribution in [0.25, 0.3) is 0 Å². The number of hydrogen-bond donors (Lipinski definition) is 3. The zero-order valence-corrected chi connectivity index (χ0v) is 10.3. The monoisotopic (exact) mass is 237 g/mol. The molecule has 0 aromatic carbocycles. The number of nitrogens with two attached hydrogens (primary N) is 1. The Morgan fingerprint density at radius 1 is 1.47 bits per heavy atom. The number of nitrogens with zero attached hydrogens (tertiary/aromatic N) is 1. The predicted molar refractivity (Wildman–Crippen MR) is 63.9 cm³/mol. The quantitative estimate of drug-likeness (QED) is 0.730. The minimum atomic E-state index is -0.984. The van der Waals surface area contributed by atoms with E-state index in [0.29, 0.717) is 0 Å². The maximum Gasteiger partial charge on any atom is 0.321 e. The highest BCUT2D eigenvalue weighted by atomic mass is 16.4. The third-order valence-corrected chi connectivity index (χ3v) is 3.71. The van der Waals surface area contributed by atoms with E-state index in [-0.39, 0.29) is 0 Å².